The lowest BCUT2D eigenvalue weighted by Crippen LogP contribution is -2.14. The van der Waals surface area contributed by atoms with Gasteiger partial charge in [0.15, 0.2) is 5.65 Å². The lowest BCUT2D eigenvalue weighted by molar-refractivity contribution is 0.415. The number of nitrogens with zero attached hydrogens (tertiary/aromatic N) is 2. The molecule has 0 radical (unpaired) electrons. The summed E-state index contributed by atoms with van der Waals surface area (Å²) in [6.07, 6.45) is 0.594. The van der Waals surface area contributed by atoms with Crippen molar-refractivity contribution in [2.24, 2.45) is 0 Å². The molecule has 1 N–H and O–H groups in total. The Bertz CT molecular complexity index is 1180. The number of ether oxygens (including phenoxy) is 1. The number of aromatic nitrogens is 3. The molecule has 0 aliphatic heterocycles. The fourth-order valence-corrected chi connectivity index (χ4v) is 3.35. The summed E-state index contributed by atoms with van der Waals surface area (Å²) in [6, 6.07) is 16.7. The van der Waals surface area contributed by atoms with Crippen LogP contribution in [0.15, 0.2) is 59.4 Å². The van der Waals surface area contributed by atoms with Gasteiger partial charge in [-0.15, -0.1) is 0 Å². The second-order valence-corrected chi connectivity index (χ2v) is 6.76. The predicted molar refractivity (Wildman–Crippen MR) is 107 cm³/mol. The smallest absolute Gasteiger partial charge is 0.273 e. The number of benzene rings is 2. The molecule has 2 aromatic heterocycles. The highest BCUT2D eigenvalue weighted by molar-refractivity contribution is 6.31. The SMILES string of the molecule is COc1ccc(-c2cc(=O)n3[nH]c(C)c(Cc4ccccc4Cl)c3n2)cc1. The minimum atomic E-state index is -0.153. The number of methoxy groups -OCH3 is 1. The van der Waals surface area contributed by atoms with Crippen molar-refractivity contribution < 1.29 is 4.74 Å². The summed E-state index contributed by atoms with van der Waals surface area (Å²) in [4.78, 5) is 17.4. The van der Waals surface area contributed by atoms with Crippen LogP contribution in [0.25, 0.3) is 16.9 Å². The number of nitrogens with one attached hydrogen (secondary N) is 1. The van der Waals surface area contributed by atoms with Crippen molar-refractivity contribution in [2.75, 3.05) is 7.11 Å². The summed E-state index contributed by atoms with van der Waals surface area (Å²) in [5.74, 6) is 0.758. The van der Waals surface area contributed by atoms with Gasteiger partial charge in [-0.3, -0.25) is 9.89 Å². The van der Waals surface area contributed by atoms with E-state index in [0.29, 0.717) is 22.8 Å². The van der Waals surface area contributed by atoms with Gasteiger partial charge in [0.2, 0.25) is 0 Å². The molecule has 2 heterocycles. The van der Waals surface area contributed by atoms with E-state index >= 15 is 0 Å². The van der Waals surface area contributed by atoms with Crippen molar-refractivity contribution in [3.63, 3.8) is 0 Å². The van der Waals surface area contributed by atoms with Crippen LogP contribution in [0.2, 0.25) is 5.02 Å². The van der Waals surface area contributed by atoms with E-state index in [-0.39, 0.29) is 5.56 Å². The third kappa shape index (κ3) is 3.22. The first-order valence-corrected chi connectivity index (χ1v) is 8.93. The Hall–Kier alpha value is -3.05. The van der Waals surface area contributed by atoms with E-state index in [1.165, 1.54) is 10.6 Å². The molecule has 27 heavy (non-hydrogen) atoms. The Morgan fingerprint density at radius 3 is 2.59 bits per heavy atom. The van der Waals surface area contributed by atoms with Crippen LogP contribution in [0.1, 0.15) is 16.8 Å². The van der Waals surface area contributed by atoms with Crippen LogP contribution < -0.4 is 10.3 Å². The summed E-state index contributed by atoms with van der Waals surface area (Å²) in [5, 5.41) is 3.81. The molecule has 4 rings (SSSR count). The van der Waals surface area contributed by atoms with Crippen LogP contribution in [-0.2, 0) is 6.42 Å². The summed E-state index contributed by atoms with van der Waals surface area (Å²) < 4.78 is 6.68. The van der Waals surface area contributed by atoms with Gasteiger partial charge in [-0.25, -0.2) is 9.50 Å². The zero-order valence-corrected chi connectivity index (χ0v) is 15.7. The molecular formula is C21H18ClN3O2. The molecule has 0 aliphatic carbocycles. The zero-order chi connectivity index (χ0) is 19.0. The number of hydrogen-bond donors (Lipinski definition) is 1. The van der Waals surface area contributed by atoms with Gasteiger partial charge < -0.3 is 4.74 Å². The summed E-state index contributed by atoms with van der Waals surface area (Å²) in [5.41, 5.74) is 4.79. The maximum absolute atomic E-state index is 12.6. The van der Waals surface area contributed by atoms with E-state index < -0.39 is 0 Å². The van der Waals surface area contributed by atoms with Crippen molar-refractivity contribution in [1.29, 1.82) is 0 Å². The quantitative estimate of drug-likeness (QED) is 0.576. The lowest BCUT2D eigenvalue weighted by atomic mass is 10.1. The molecule has 0 bridgehead atoms. The van der Waals surface area contributed by atoms with Gasteiger partial charge in [0.1, 0.15) is 5.75 Å². The topological polar surface area (TPSA) is 59.4 Å². The normalized spacial score (nSPS) is 11.1. The number of rotatable bonds is 4. The molecule has 136 valence electrons. The third-order valence-electron chi connectivity index (χ3n) is 4.63. The second-order valence-electron chi connectivity index (χ2n) is 6.35. The van der Waals surface area contributed by atoms with Crippen molar-refractivity contribution >= 4 is 17.2 Å². The highest BCUT2D eigenvalue weighted by Gasteiger charge is 2.15. The molecule has 0 saturated heterocycles. The molecule has 2 aromatic carbocycles. The fraction of sp³-hybridized carbons (Fsp3) is 0.143. The van der Waals surface area contributed by atoms with Crippen LogP contribution in [0.3, 0.4) is 0 Å². The van der Waals surface area contributed by atoms with E-state index in [9.17, 15) is 4.79 Å². The number of H-pyrrole nitrogens is 1. The molecule has 0 saturated carbocycles. The van der Waals surface area contributed by atoms with Gasteiger partial charge >= 0.3 is 0 Å². The zero-order valence-electron chi connectivity index (χ0n) is 15.0. The molecular weight excluding hydrogens is 362 g/mol. The molecule has 0 aliphatic rings. The van der Waals surface area contributed by atoms with E-state index in [2.05, 4.69) is 5.10 Å². The number of hydrogen-bond acceptors (Lipinski definition) is 3. The number of fused-ring (bicyclic) bond motifs is 1. The van der Waals surface area contributed by atoms with E-state index in [4.69, 9.17) is 21.3 Å². The second kappa shape index (κ2) is 6.93. The average molecular weight is 380 g/mol. The van der Waals surface area contributed by atoms with Crippen LogP contribution >= 0.6 is 11.6 Å². The number of halogens is 1. The van der Waals surface area contributed by atoms with E-state index in [0.717, 1.165) is 28.1 Å². The largest absolute Gasteiger partial charge is 0.497 e. The maximum atomic E-state index is 12.6. The molecule has 4 aromatic rings. The Morgan fingerprint density at radius 2 is 1.89 bits per heavy atom. The first-order chi connectivity index (χ1) is 13.1. The molecule has 0 atom stereocenters. The highest BCUT2D eigenvalue weighted by atomic mass is 35.5. The lowest BCUT2D eigenvalue weighted by Gasteiger charge is -2.06. The summed E-state index contributed by atoms with van der Waals surface area (Å²) >= 11 is 6.32. The van der Waals surface area contributed by atoms with E-state index in [1.807, 2.05) is 55.5 Å². The fourth-order valence-electron chi connectivity index (χ4n) is 3.15. The molecule has 6 heteroatoms. The molecule has 0 fully saturated rings. The van der Waals surface area contributed by atoms with Gasteiger partial charge in [-0.2, -0.15) is 0 Å². The number of aromatic amines is 1. The van der Waals surface area contributed by atoms with Crippen LogP contribution in [-0.4, -0.2) is 21.7 Å². The first kappa shape index (κ1) is 17.4. The molecule has 5 nitrogen and oxygen atoms in total. The minimum absolute atomic E-state index is 0.153. The first-order valence-electron chi connectivity index (χ1n) is 8.56. The summed E-state index contributed by atoms with van der Waals surface area (Å²) in [6.45, 7) is 1.94. The van der Waals surface area contributed by atoms with Crippen molar-refractivity contribution in [2.45, 2.75) is 13.3 Å². The Labute approximate surface area is 161 Å². The van der Waals surface area contributed by atoms with Crippen molar-refractivity contribution in [3.8, 4) is 17.0 Å². The van der Waals surface area contributed by atoms with Crippen LogP contribution in [0.4, 0.5) is 0 Å². The third-order valence-corrected chi connectivity index (χ3v) is 5.00. The van der Waals surface area contributed by atoms with Crippen LogP contribution in [0.5, 0.6) is 5.75 Å². The molecule has 0 amide bonds. The monoisotopic (exact) mass is 379 g/mol. The molecule has 0 spiro atoms. The predicted octanol–water partition coefficient (Wildman–Crippen LogP) is 4.25. The van der Waals surface area contributed by atoms with Gasteiger partial charge in [0.05, 0.1) is 12.8 Å². The highest BCUT2D eigenvalue weighted by Crippen LogP contribution is 2.25. The van der Waals surface area contributed by atoms with Crippen molar-refractivity contribution in [3.05, 3.63) is 86.8 Å². The standard InChI is InChI=1S/C21H18ClN3O2/c1-13-17(11-15-5-3-4-6-18(15)22)21-23-19(12-20(26)25(21)24-13)14-7-9-16(27-2)10-8-14/h3-10,12,24H,11H2,1-2H3. The number of aryl methyl sites for hydroxylation is 1. The van der Waals surface area contributed by atoms with Gasteiger partial charge in [-0.1, -0.05) is 29.8 Å². The van der Waals surface area contributed by atoms with Gasteiger partial charge in [0, 0.05) is 34.3 Å². The summed E-state index contributed by atoms with van der Waals surface area (Å²) in [7, 11) is 1.62. The Kier molecular flexibility index (Phi) is 4.46. The average Bonchev–Trinajstić information content (AvgIpc) is 3.00. The van der Waals surface area contributed by atoms with Crippen LogP contribution in [0, 0.1) is 6.92 Å². The van der Waals surface area contributed by atoms with E-state index in [1.54, 1.807) is 7.11 Å². The Balaban J connectivity index is 1.85. The van der Waals surface area contributed by atoms with Crippen molar-refractivity contribution in [1.82, 2.24) is 14.6 Å². The van der Waals surface area contributed by atoms with Gasteiger partial charge in [0.25, 0.3) is 5.56 Å². The molecule has 0 unspecified atom stereocenters. The Morgan fingerprint density at radius 1 is 1.15 bits per heavy atom. The van der Waals surface area contributed by atoms with Gasteiger partial charge in [-0.05, 0) is 42.8 Å². The minimum Gasteiger partial charge on any atom is -0.497 e. The maximum Gasteiger partial charge on any atom is 0.273 e.